The average molecular weight is 223 g/mol. The Labute approximate surface area is 78.7 Å². The smallest absolute Gasteiger partial charge is 0.267 e. The van der Waals surface area contributed by atoms with E-state index in [0.717, 1.165) is 16.1 Å². The number of rotatable bonds is 2. The van der Waals surface area contributed by atoms with Crippen LogP contribution in [0.25, 0.3) is 0 Å². The molecule has 0 aliphatic carbocycles. The van der Waals surface area contributed by atoms with Gasteiger partial charge in [-0.3, -0.25) is 4.99 Å². The molecular weight excluding hydrogens is 214 g/mol. The Hall–Kier alpha value is -0.930. The predicted octanol–water partition coefficient (Wildman–Crippen LogP) is -1.77. The molecule has 1 rings (SSSR count). The van der Waals surface area contributed by atoms with Gasteiger partial charge in [0.25, 0.3) is 10.0 Å². The lowest BCUT2D eigenvalue weighted by Gasteiger charge is -1.86. The number of nitrogens with two attached hydrogens (primary N) is 2. The SMILES string of the molecule is CCN=c1sc(S(N)(=O)=O)nn1N. The third-order valence-electron chi connectivity index (χ3n) is 1.10. The monoisotopic (exact) mass is 223 g/mol. The molecule has 0 saturated carbocycles. The van der Waals surface area contributed by atoms with Crippen LogP contribution in [0.1, 0.15) is 6.92 Å². The number of sulfonamides is 1. The van der Waals surface area contributed by atoms with Crippen LogP contribution < -0.4 is 15.8 Å². The second-order valence-electron chi connectivity index (χ2n) is 2.11. The highest BCUT2D eigenvalue weighted by Gasteiger charge is 2.14. The molecule has 0 aliphatic heterocycles. The van der Waals surface area contributed by atoms with Crippen molar-refractivity contribution < 1.29 is 8.42 Å². The molecule has 74 valence electrons. The Balaban J connectivity index is 3.34. The van der Waals surface area contributed by atoms with E-state index in [0.29, 0.717) is 11.3 Å². The molecule has 0 fully saturated rings. The van der Waals surface area contributed by atoms with Crippen molar-refractivity contribution in [1.29, 1.82) is 0 Å². The summed E-state index contributed by atoms with van der Waals surface area (Å²) in [5, 5.41) is 8.35. The molecule has 0 atom stereocenters. The van der Waals surface area contributed by atoms with E-state index in [-0.39, 0.29) is 4.34 Å². The zero-order chi connectivity index (χ0) is 10.1. The van der Waals surface area contributed by atoms with Gasteiger partial charge in [-0.25, -0.2) is 13.6 Å². The van der Waals surface area contributed by atoms with Crippen molar-refractivity contribution in [2.75, 3.05) is 12.4 Å². The summed E-state index contributed by atoms with van der Waals surface area (Å²) in [7, 11) is -3.78. The third kappa shape index (κ3) is 2.26. The van der Waals surface area contributed by atoms with Crippen molar-refractivity contribution in [1.82, 2.24) is 9.89 Å². The number of nitrogen functional groups attached to an aromatic ring is 1. The molecule has 7 nitrogen and oxygen atoms in total. The summed E-state index contributed by atoms with van der Waals surface area (Å²) in [6, 6.07) is 0. The van der Waals surface area contributed by atoms with Gasteiger partial charge in [0.15, 0.2) is 0 Å². The van der Waals surface area contributed by atoms with Gasteiger partial charge >= 0.3 is 0 Å². The van der Waals surface area contributed by atoms with Crippen LogP contribution in [-0.2, 0) is 10.0 Å². The zero-order valence-corrected chi connectivity index (χ0v) is 8.47. The molecular formula is C4H9N5O2S2. The van der Waals surface area contributed by atoms with E-state index >= 15 is 0 Å². The van der Waals surface area contributed by atoms with E-state index in [1.165, 1.54) is 0 Å². The summed E-state index contributed by atoms with van der Waals surface area (Å²) in [5.41, 5.74) is 0. The molecule has 0 spiro atoms. The van der Waals surface area contributed by atoms with Crippen molar-refractivity contribution in [3.8, 4) is 0 Å². The van der Waals surface area contributed by atoms with Gasteiger partial charge in [-0.1, -0.05) is 11.3 Å². The number of primary sulfonamides is 1. The molecule has 0 aromatic carbocycles. The van der Waals surface area contributed by atoms with Gasteiger partial charge in [0.05, 0.1) is 0 Å². The highest BCUT2D eigenvalue weighted by atomic mass is 32.2. The highest BCUT2D eigenvalue weighted by molar-refractivity contribution is 7.91. The first-order valence-electron chi connectivity index (χ1n) is 3.33. The molecule has 1 aromatic heterocycles. The van der Waals surface area contributed by atoms with Crippen molar-refractivity contribution in [2.24, 2.45) is 10.1 Å². The van der Waals surface area contributed by atoms with E-state index in [9.17, 15) is 8.42 Å². The fraction of sp³-hybridized carbons (Fsp3) is 0.500. The molecule has 1 heterocycles. The van der Waals surface area contributed by atoms with Gasteiger partial charge in [-0.2, -0.15) is 0 Å². The summed E-state index contributed by atoms with van der Waals surface area (Å²) < 4.78 is 21.4. The van der Waals surface area contributed by atoms with E-state index < -0.39 is 10.0 Å². The Morgan fingerprint density at radius 1 is 1.69 bits per heavy atom. The number of aromatic nitrogens is 2. The van der Waals surface area contributed by atoms with Gasteiger partial charge in [0.2, 0.25) is 9.14 Å². The van der Waals surface area contributed by atoms with Crippen molar-refractivity contribution in [3.05, 3.63) is 4.80 Å². The van der Waals surface area contributed by atoms with E-state index in [1.807, 2.05) is 0 Å². The second kappa shape index (κ2) is 3.44. The average Bonchev–Trinajstić information content (AvgIpc) is 2.32. The van der Waals surface area contributed by atoms with Crippen LogP contribution in [0, 0.1) is 0 Å². The maximum Gasteiger partial charge on any atom is 0.267 e. The standard InChI is InChI=1S/C4H9N5O2S2/c1-2-7-3-9(5)8-4(12-3)13(6,10)11/h2,5H2,1H3,(H2,6,10,11). The highest BCUT2D eigenvalue weighted by Crippen LogP contribution is 2.03. The zero-order valence-electron chi connectivity index (χ0n) is 6.84. The largest absolute Gasteiger partial charge is 0.320 e. The first-order chi connectivity index (χ1) is 5.95. The topological polar surface area (TPSA) is 116 Å². The number of hydrogen-bond acceptors (Lipinski definition) is 6. The fourth-order valence-electron chi connectivity index (χ4n) is 0.631. The first kappa shape index (κ1) is 10.2. The lowest BCUT2D eigenvalue weighted by molar-refractivity contribution is 0.592. The quantitative estimate of drug-likeness (QED) is 0.577. The molecule has 0 bridgehead atoms. The normalized spacial score (nSPS) is 13.5. The fourth-order valence-corrected chi connectivity index (χ4v) is 2.13. The van der Waals surface area contributed by atoms with E-state index in [1.54, 1.807) is 6.92 Å². The van der Waals surface area contributed by atoms with Crippen LogP contribution >= 0.6 is 11.3 Å². The summed E-state index contributed by atoms with van der Waals surface area (Å²) in [6.45, 7) is 2.31. The Kier molecular flexibility index (Phi) is 2.68. The summed E-state index contributed by atoms with van der Waals surface area (Å²) in [5.74, 6) is 5.33. The number of nitrogens with zero attached hydrogens (tertiary/aromatic N) is 3. The molecule has 4 N–H and O–H groups in total. The molecule has 0 amide bonds. The van der Waals surface area contributed by atoms with Crippen LogP contribution in [0.15, 0.2) is 9.33 Å². The maximum atomic E-state index is 10.8. The van der Waals surface area contributed by atoms with Crippen LogP contribution in [-0.4, -0.2) is 24.9 Å². The third-order valence-corrected chi connectivity index (χ3v) is 3.37. The Morgan fingerprint density at radius 3 is 2.69 bits per heavy atom. The summed E-state index contributed by atoms with van der Waals surface area (Å²) in [4.78, 5) is 5.14. The molecule has 0 saturated heterocycles. The number of hydrogen-bond donors (Lipinski definition) is 2. The van der Waals surface area contributed by atoms with Gasteiger partial charge in [-0.05, 0) is 6.92 Å². The van der Waals surface area contributed by atoms with Crippen LogP contribution in [0.4, 0.5) is 0 Å². The molecule has 9 heteroatoms. The summed E-state index contributed by atoms with van der Waals surface area (Å²) >= 11 is 0.838. The molecule has 0 unspecified atom stereocenters. The van der Waals surface area contributed by atoms with Crippen molar-refractivity contribution in [2.45, 2.75) is 11.3 Å². The lowest BCUT2D eigenvalue weighted by atomic mass is 10.8. The van der Waals surface area contributed by atoms with Crippen LogP contribution in [0.3, 0.4) is 0 Å². The van der Waals surface area contributed by atoms with Crippen molar-refractivity contribution >= 4 is 21.4 Å². The van der Waals surface area contributed by atoms with Crippen molar-refractivity contribution in [3.63, 3.8) is 0 Å². The Morgan fingerprint density at radius 2 is 2.31 bits per heavy atom. The molecule has 0 radical (unpaired) electrons. The minimum atomic E-state index is -3.78. The molecule has 0 aliphatic rings. The van der Waals surface area contributed by atoms with Gasteiger partial charge in [0, 0.05) is 6.54 Å². The Bertz CT molecular complexity index is 455. The predicted molar refractivity (Wildman–Crippen MR) is 47.7 cm³/mol. The van der Waals surface area contributed by atoms with Gasteiger partial charge < -0.3 is 5.84 Å². The second-order valence-corrected chi connectivity index (χ2v) is 4.81. The maximum absolute atomic E-state index is 10.8. The lowest BCUT2D eigenvalue weighted by Crippen LogP contribution is -2.24. The van der Waals surface area contributed by atoms with E-state index in [4.69, 9.17) is 11.0 Å². The minimum Gasteiger partial charge on any atom is -0.320 e. The first-order valence-corrected chi connectivity index (χ1v) is 5.70. The van der Waals surface area contributed by atoms with Gasteiger partial charge in [0.1, 0.15) is 0 Å². The summed E-state index contributed by atoms with van der Waals surface area (Å²) in [6.07, 6.45) is 0. The van der Waals surface area contributed by atoms with Gasteiger partial charge in [-0.15, -0.1) is 9.89 Å². The van der Waals surface area contributed by atoms with Crippen LogP contribution in [0.2, 0.25) is 0 Å². The van der Waals surface area contributed by atoms with E-state index in [2.05, 4.69) is 10.1 Å². The molecule has 13 heavy (non-hydrogen) atoms. The van der Waals surface area contributed by atoms with Crippen LogP contribution in [0.5, 0.6) is 0 Å². The minimum absolute atomic E-state index is 0.234. The molecule has 1 aromatic rings.